The number of nitrogens with zero attached hydrogens (tertiary/aromatic N) is 8. The topological polar surface area (TPSA) is 330 Å². The van der Waals surface area contributed by atoms with Crippen molar-refractivity contribution in [1.82, 2.24) is 65.8 Å². The van der Waals surface area contributed by atoms with Crippen molar-refractivity contribution in [3.05, 3.63) is 12.2 Å². The summed E-state index contributed by atoms with van der Waals surface area (Å²) in [7, 11) is 10.3. The highest BCUT2D eigenvalue weighted by Gasteiger charge is 2.46. The van der Waals surface area contributed by atoms with E-state index in [1.54, 1.807) is 72.4 Å². The van der Waals surface area contributed by atoms with E-state index < -0.39 is 167 Å². The molecule has 28 nitrogen and oxygen atoms in total. The summed E-state index contributed by atoms with van der Waals surface area (Å²) in [5.74, 6) is -11.4. The van der Waals surface area contributed by atoms with E-state index in [9.17, 15) is 48.3 Å². The van der Waals surface area contributed by atoms with Gasteiger partial charge >= 0.3 is 6.09 Å². The van der Waals surface area contributed by atoms with E-state index in [-0.39, 0.29) is 69.7 Å². The van der Waals surface area contributed by atoms with Crippen LogP contribution in [-0.2, 0) is 62.2 Å². The van der Waals surface area contributed by atoms with Gasteiger partial charge in [0.2, 0.25) is 65.0 Å². The average molecular weight is 1370 g/mol. The van der Waals surface area contributed by atoms with Crippen molar-refractivity contribution >= 4 is 71.1 Å². The summed E-state index contributed by atoms with van der Waals surface area (Å²) in [5, 5.41) is 25.9. The number of amides is 12. The summed E-state index contributed by atoms with van der Waals surface area (Å²) in [6.45, 7) is 30.9. The van der Waals surface area contributed by atoms with E-state index in [1.165, 1.54) is 82.7 Å². The maximum absolute atomic E-state index is 15.3. The number of hydrogen-bond acceptors (Lipinski definition) is 16. The third kappa shape index (κ3) is 24.8. The number of piperazine rings is 1. The molecule has 0 aromatic heterocycles. The zero-order valence-electron chi connectivity index (χ0n) is 62.9. The second kappa shape index (κ2) is 40.2. The molecule has 0 radical (unpaired) electrons. The van der Waals surface area contributed by atoms with E-state index in [0.717, 1.165) is 9.80 Å². The van der Waals surface area contributed by atoms with Gasteiger partial charge in [-0.15, -0.1) is 0 Å². The molecule has 0 saturated carbocycles. The molecular weight excluding hydrogens is 1250 g/mol. The molecule has 0 aromatic rings. The number of allylic oxidation sites excluding steroid dienone is 2. The molecule has 0 unspecified atom stereocenters. The molecule has 0 bridgehead atoms. The summed E-state index contributed by atoms with van der Waals surface area (Å²) in [6.07, 6.45) is 2.13. The normalized spacial score (nSPS) is 27.1. The number of hydrogen-bond donors (Lipinski definition) is 6. The van der Waals surface area contributed by atoms with Gasteiger partial charge in [-0.05, 0) is 102 Å². The third-order valence-electron chi connectivity index (χ3n) is 18.5. The molecular formula is C69H123N13O15. The Morgan fingerprint density at radius 2 is 0.990 bits per heavy atom. The van der Waals surface area contributed by atoms with Crippen molar-refractivity contribution < 1.29 is 72.1 Å². The smallest absolute Gasteiger partial charge is 0.409 e. The summed E-state index contributed by atoms with van der Waals surface area (Å²) >= 11 is 0. The Hall–Kier alpha value is -6.94. The highest BCUT2D eigenvalue weighted by Crippen LogP contribution is 2.26. The van der Waals surface area contributed by atoms with Crippen LogP contribution in [0.1, 0.15) is 150 Å². The van der Waals surface area contributed by atoms with Crippen LogP contribution in [0.3, 0.4) is 0 Å². The first-order valence-electron chi connectivity index (χ1n) is 34.7. The van der Waals surface area contributed by atoms with Crippen molar-refractivity contribution in [2.45, 2.75) is 222 Å². The lowest BCUT2D eigenvalue weighted by atomic mass is 9.91. The lowest BCUT2D eigenvalue weighted by Crippen LogP contribution is -2.64. The number of likely N-dealkylation sites (N-methyl/N-ethyl adjacent to an activating group) is 7. The minimum Gasteiger partial charge on any atom is -0.447 e. The first kappa shape index (κ1) is 86.1. The fourth-order valence-electron chi connectivity index (χ4n) is 11.9. The lowest BCUT2D eigenvalue weighted by Gasteiger charge is -2.41. The fraction of sp³-hybridized carbons (Fsp3) is 0.797. The number of aliphatic hydroxyl groups excluding tert-OH is 1. The van der Waals surface area contributed by atoms with Crippen LogP contribution in [-0.4, -0.2) is 283 Å². The fourth-order valence-corrected chi connectivity index (χ4v) is 11.9. The number of carbonyl (C=O) groups is 12. The number of aliphatic hydroxyl groups is 1. The summed E-state index contributed by atoms with van der Waals surface area (Å²) in [6, 6.07) is -14.5. The SMILES string of the molecule is C/C=C/C[C@@H](C)[C@@H](O)[C@H]1C(=O)N[C@@H](CC)C(=O)N(C)[C@H](C)C(=O)N[C@@H]([C@H](C)COCCOC(=O)N2CCN(C)CC2)C(=O)N[C@@H](C(C)C)C(=O)N(C)[C@@H](CC(C)C)C(=O)N[C@@H](C)C(=O)N[C@H](C)C(=O)N(C)[C@@H](CC(C)C)C(=O)N(C)[C@@H](CC(C)C)C(=O)N(C)[C@@H](C(C)C)C(=O)N1C. The van der Waals surface area contributed by atoms with Crippen LogP contribution < -0.4 is 26.6 Å². The van der Waals surface area contributed by atoms with Crippen molar-refractivity contribution in [2.75, 3.05) is 95.3 Å². The molecule has 12 amide bonds. The Balaban J connectivity index is 2.96. The molecule has 97 heavy (non-hydrogen) atoms. The second-order valence-corrected chi connectivity index (χ2v) is 28.8. The molecule has 0 spiro atoms. The van der Waals surface area contributed by atoms with Gasteiger partial charge in [0, 0.05) is 74.4 Å². The van der Waals surface area contributed by atoms with Gasteiger partial charge in [0.25, 0.3) is 0 Å². The van der Waals surface area contributed by atoms with Crippen molar-refractivity contribution in [3.8, 4) is 0 Å². The largest absolute Gasteiger partial charge is 0.447 e. The Morgan fingerprint density at radius 1 is 0.505 bits per heavy atom. The third-order valence-corrected chi connectivity index (χ3v) is 18.5. The maximum Gasteiger partial charge on any atom is 0.409 e. The zero-order valence-corrected chi connectivity index (χ0v) is 62.9. The van der Waals surface area contributed by atoms with E-state index >= 15 is 14.4 Å². The molecule has 2 heterocycles. The van der Waals surface area contributed by atoms with Crippen LogP contribution in [0.2, 0.25) is 0 Å². The highest BCUT2D eigenvalue weighted by atomic mass is 16.6. The van der Waals surface area contributed by atoms with E-state index in [2.05, 4.69) is 31.5 Å². The molecule has 14 atom stereocenters. The standard InChI is InChI=1S/C69H123N13O15/c1-25-27-28-44(13)57(83)56-62(88)72-49(26-2)64(90)76(19)48(17)59(85)74-54(45(14)38-96-33-34-97-69(95)82-31-29-75(18)30-32-82)61(87)73-53(42(9)10)67(93)77(20)50(35-39(3)4)60(86)70-46(15)58(84)71-47(16)63(89)78(21)51(36-40(5)6)65(91)79(22)52(37-41(7)8)66(92)80(23)55(43(11)12)68(94)81(56)24/h25,27,39-57,83H,26,28-38H2,1-24H3,(H,70,86)(H,71,84)(H,72,88)(H,73,87)(H,74,85)/b27-25+/t44-,45-,46+,47-,48-,49+,50+,51+,52+,53+,54+,55+,56+,57-/m1/s1. The van der Waals surface area contributed by atoms with Crippen LogP contribution in [0.15, 0.2) is 12.2 Å². The molecule has 28 heteroatoms. The zero-order chi connectivity index (χ0) is 74.4. The number of rotatable bonds is 19. The average Bonchev–Trinajstić information content (AvgIpc) is 0.811. The molecule has 2 saturated heterocycles. The van der Waals surface area contributed by atoms with Crippen LogP contribution in [0.25, 0.3) is 0 Å². The molecule has 0 aliphatic carbocycles. The van der Waals surface area contributed by atoms with Crippen LogP contribution in [0.5, 0.6) is 0 Å². The van der Waals surface area contributed by atoms with Crippen molar-refractivity contribution in [2.24, 2.45) is 41.4 Å². The van der Waals surface area contributed by atoms with Gasteiger partial charge in [0.1, 0.15) is 73.1 Å². The predicted molar refractivity (Wildman–Crippen MR) is 369 cm³/mol. The van der Waals surface area contributed by atoms with Gasteiger partial charge in [0.15, 0.2) is 0 Å². The van der Waals surface area contributed by atoms with Crippen LogP contribution in [0, 0.1) is 41.4 Å². The number of nitrogens with one attached hydrogen (secondary N) is 5. The minimum absolute atomic E-state index is 0.0366. The lowest BCUT2D eigenvalue weighted by molar-refractivity contribution is -0.157. The monoisotopic (exact) mass is 1370 g/mol. The first-order chi connectivity index (χ1) is 45.1. The highest BCUT2D eigenvalue weighted by molar-refractivity contribution is 6.00. The minimum atomic E-state index is -1.66. The molecule has 6 N–H and O–H groups in total. The predicted octanol–water partition coefficient (Wildman–Crippen LogP) is 2.31. The van der Waals surface area contributed by atoms with E-state index in [0.29, 0.717) is 26.2 Å². The molecule has 2 fully saturated rings. The Morgan fingerprint density at radius 3 is 1.49 bits per heavy atom. The van der Waals surface area contributed by atoms with Gasteiger partial charge in [-0.25, -0.2) is 4.79 Å². The summed E-state index contributed by atoms with van der Waals surface area (Å²) < 4.78 is 11.4. The van der Waals surface area contributed by atoms with Crippen LogP contribution >= 0.6 is 0 Å². The maximum atomic E-state index is 15.3. The van der Waals surface area contributed by atoms with Gasteiger partial charge in [-0.1, -0.05) is 102 Å². The van der Waals surface area contributed by atoms with Gasteiger partial charge in [-0.2, -0.15) is 0 Å². The molecule has 2 aliphatic rings. The quantitative estimate of drug-likeness (QED) is 0.0798. The summed E-state index contributed by atoms with van der Waals surface area (Å²) in [4.78, 5) is 186. The molecule has 0 aromatic carbocycles. The van der Waals surface area contributed by atoms with Gasteiger partial charge < -0.3 is 80.4 Å². The van der Waals surface area contributed by atoms with Crippen molar-refractivity contribution in [1.29, 1.82) is 0 Å². The number of ether oxygens (including phenoxy) is 2. The Labute approximate surface area is 578 Å². The van der Waals surface area contributed by atoms with Gasteiger partial charge in [-0.3, -0.25) is 52.7 Å². The Kier molecular flexibility index (Phi) is 35.7. The van der Waals surface area contributed by atoms with E-state index in [4.69, 9.17) is 9.47 Å². The molecule has 2 rings (SSSR count). The summed E-state index contributed by atoms with van der Waals surface area (Å²) in [5.41, 5.74) is 0. The second-order valence-electron chi connectivity index (χ2n) is 28.8. The molecule has 2 aliphatic heterocycles. The molecule has 554 valence electrons. The number of carbonyl (C=O) groups excluding carboxylic acids is 12. The van der Waals surface area contributed by atoms with Crippen LogP contribution in [0.4, 0.5) is 4.79 Å². The Bertz CT molecular complexity index is 2690. The van der Waals surface area contributed by atoms with Crippen molar-refractivity contribution in [3.63, 3.8) is 0 Å². The first-order valence-corrected chi connectivity index (χ1v) is 34.7. The van der Waals surface area contributed by atoms with Gasteiger partial charge in [0.05, 0.1) is 19.3 Å². The van der Waals surface area contributed by atoms with E-state index in [1.807, 2.05) is 48.6 Å².